The van der Waals surface area contributed by atoms with Crippen LogP contribution in [0.4, 0.5) is 0 Å². The first kappa shape index (κ1) is 16.6. The molecule has 0 aromatic heterocycles. The van der Waals surface area contributed by atoms with Gasteiger partial charge in [-0.15, -0.1) is 0 Å². The van der Waals surface area contributed by atoms with E-state index >= 15 is 0 Å². The Labute approximate surface area is 170 Å². The molecular weight excluding hydrogens is 480 g/mol. The Morgan fingerprint density at radius 2 is 1.33 bits per heavy atom. The number of carbonyl (C=O) groups is 1. The Morgan fingerprint density at radius 3 is 1.93 bits per heavy atom. The molecule has 2 aliphatic rings. The molecule has 1 spiro atoms. The van der Waals surface area contributed by atoms with Crippen LogP contribution in [0.3, 0.4) is 0 Å². The summed E-state index contributed by atoms with van der Waals surface area (Å²) in [5.41, 5.74) is 0.698. The molecule has 0 saturated carbocycles. The molecule has 2 N–H and O–H groups in total. The molecule has 5 nitrogen and oxygen atoms in total. The van der Waals surface area contributed by atoms with E-state index in [0.717, 1.165) is 0 Å². The number of rotatable bonds is 0. The summed E-state index contributed by atoms with van der Waals surface area (Å²) in [6.45, 7) is 0. The van der Waals surface area contributed by atoms with Gasteiger partial charge in [0.05, 0.1) is 25.6 Å². The minimum atomic E-state index is -1.33. The third-order valence-corrected chi connectivity index (χ3v) is 6.18. The zero-order valence-corrected chi connectivity index (χ0v) is 16.7. The molecule has 0 atom stereocenters. The third-order valence-electron chi connectivity index (χ3n) is 4.90. The van der Waals surface area contributed by atoms with Crippen molar-refractivity contribution in [3.63, 3.8) is 0 Å². The molecule has 0 aliphatic carbocycles. The van der Waals surface area contributed by atoms with Gasteiger partial charge in [-0.3, -0.25) is 0 Å². The summed E-state index contributed by atoms with van der Waals surface area (Å²) in [5, 5.41) is 21.2. The number of fused-ring (bicyclic) bond motifs is 6. The molecule has 3 aromatic carbocycles. The first-order chi connectivity index (χ1) is 12.9. The monoisotopic (exact) mass is 488 g/mol. The van der Waals surface area contributed by atoms with Gasteiger partial charge in [-0.1, -0.05) is 18.2 Å². The maximum atomic E-state index is 12.7. The molecule has 0 fully saturated rings. The van der Waals surface area contributed by atoms with E-state index in [0.29, 0.717) is 31.2 Å². The highest BCUT2D eigenvalue weighted by atomic mass is 79.9. The fraction of sp³-hybridized carbons (Fsp3) is 0.0500. The Balaban J connectivity index is 1.96. The van der Waals surface area contributed by atoms with Gasteiger partial charge >= 0.3 is 5.97 Å². The summed E-state index contributed by atoms with van der Waals surface area (Å²) in [5.74, 6) is -0.520. The third kappa shape index (κ3) is 2.01. The van der Waals surface area contributed by atoms with Crippen molar-refractivity contribution < 1.29 is 24.5 Å². The van der Waals surface area contributed by atoms with Gasteiger partial charge in [0.15, 0.2) is 28.6 Å². The molecule has 3 aromatic rings. The van der Waals surface area contributed by atoms with Gasteiger partial charge in [-0.2, -0.15) is 0 Å². The second-order valence-electron chi connectivity index (χ2n) is 6.26. The zero-order chi connectivity index (χ0) is 18.9. The van der Waals surface area contributed by atoms with Crippen LogP contribution in [-0.2, 0) is 10.3 Å². The van der Waals surface area contributed by atoms with E-state index in [1.165, 1.54) is 0 Å². The lowest BCUT2D eigenvalue weighted by Crippen LogP contribution is -2.33. The largest absolute Gasteiger partial charge is 0.503 e. The number of hydrogen-bond acceptors (Lipinski definition) is 5. The van der Waals surface area contributed by atoms with E-state index in [4.69, 9.17) is 9.47 Å². The Hall–Kier alpha value is -2.51. The molecule has 27 heavy (non-hydrogen) atoms. The highest BCUT2D eigenvalue weighted by Crippen LogP contribution is 2.61. The van der Waals surface area contributed by atoms with Crippen LogP contribution in [0.5, 0.6) is 23.0 Å². The average molecular weight is 490 g/mol. The molecule has 0 unspecified atom stereocenters. The number of benzene rings is 3. The molecule has 0 saturated heterocycles. The van der Waals surface area contributed by atoms with E-state index in [2.05, 4.69) is 31.9 Å². The van der Waals surface area contributed by atoms with Crippen LogP contribution in [0.15, 0.2) is 57.5 Å². The zero-order valence-electron chi connectivity index (χ0n) is 13.5. The maximum Gasteiger partial charge on any atom is 0.340 e. The Morgan fingerprint density at radius 1 is 0.778 bits per heavy atom. The van der Waals surface area contributed by atoms with Crippen molar-refractivity contribution in [3.05, 3.63) is 79.7 Å². The SMILES string of the molecule is O=C1OC2(c3ccccc31)c1ccc(Br)c(O)c1Oc1c2ccc(Br)c1O. The molecule has 0 amide bonds. The van der Waals surface area contributed by atoms with E-state index in [9.17, 15) is 15.0 Å². The molecule has 0 bridgehead atoms. The summed E-state index contributed by atoms with van der Waals surface area (Å²) >= 11 is 6.56. The highest BCUT2D eigenvalue weighted by molar-refractivity contribution is 9.10. The van der Waals surface area contributed by atoms with E-state index < -0.39 is 11.6 Å². The summed E-state index contributed by atoms with van der Waals surface area (Å²) in [6.07, 6.45) is 0. The quantitative estimate of drug-likeness (QED) is 0.425. The normalized spacial score (nSPS) is 15.6. The van der Waals surface area contributed by atoms with E-state index in [1.807, 2.05) is 6.07 Å². The Bertz CT molecular complexity index is 1100. The van der Waals surface area contributed by atoms with Crippen LogP contribution >= 0.6 is 31.9 Å². The van der Waals surface area contributed by atoms with Crippen molar-refractivity contribution in [2.45, 2.75) is 5.60 Å². The number of ether oxygens (including phenoxy) is 2. The van der Waals surface area contributed by atoms with Crippen molar-refractivity contribution in [2.75, 3.05) is 0 Å². The number of phenols is 2. The predicted octanol–water partition coefficient (Wildman–Crippen LogP) is 5.19. The summed E-state index contributed by atoms with van der Waals surface area (Å²) in [6, 6.07) is 13.9. The fourth-order valence-electron chi connectivity index (χ4n) is 3.72. The van der Waals surface area contributed by atoms with Crippen LogP contribution in [-0.4, -0.2) is 16.2 Å². The molecule has 2 heterocycles. The highest BCUT2D eigenvalue weighted by Gasteiger charge is 2.54. The maximum absolute atomic E-state index is 12.7. The van der Waals surface area contributed by atoms with Gasteiger partial charge in [0.2, 0.25) is 0 Å². The summed E-state index contributed by atoms with van der Waals surface area (Å²) in [7, 11) is 0. The summed E-state index contributed by atoms with van der Waals surface area (Å²) < 4.78 is 12.7. The molecule has 0 radical (unpaired) electrons. The molecule has 5 rings (SSSR count). The minimum absolute atomic E-state index is 0.120. The van der Waals surface area contributed by atoms with Crippen LogP contribution in [0.25, 0.3) is 0 Å². The van der Waals surface area contributed by atoms with Crippen LogP contribution in [0, 0.1) is 0 Å². The number of hydrogen-bond donors (Lipinski definition) is 2. The number of phenolic OH excluding ortho intramolecular Hbond substituents is 2. The van der Waals surface area contributed by atoms with Crippen molar-refractivity contribution in [3.8, 4) is 23.0 Å². The van der Waals surface area contributed by atoms with Crippen LogP contribution in [0.2, 0.25) is 0 Å². The van der Waals surface area contributed by atoms with Gasteiger partial charge in [0.25, 0.3) is 0 Å². The predicted molar refractivity (Wildman–Crippen MR) is 103 cm³/mol. The van der Waals surface area contributed by atoms with Gasteiger partial charge in [0, 0.05) is 5.56 Å². The number of aromatic hydroxyl groups is 2. The molecule has 134 valence electrons. The van der Waals surface area contributed by atoms with Gasteiger partial charge < -0.3 is 19.7 Å². The lowest BCUT2D eigenvalue weighted by molar-refractivity contribution is 0.0220. The molecule has 7 heteroatoms. The fourth-order valence-corrected chi connectivity index (χ4v) is 4.34. The average Bonchev–Trinajstić information content (AvgIpc) is 2.96. The van der Waals surface area contributed by atoms with E-state index in [1.54, 1.807) is 42.5 Å². The lowest BCUT2D eigenvalue weighted by atomic mass is 9.77. The second kappa shape index (κ2) is 5.50. The van der Waals surface area contributed by atoms with Gasteiger partial charge in [-0.25, -0.2) is 4.79 Å². The van der Waals surface area contributed by atoms with Crippen LogP contribution in [0.1, 0.15) is 27.0 Å². The van der Waals surface area contributed by atoms with Crippen LogP contribution < -0.4 is 4.74 Å². The first-order valence-electron chi connectivity index (χ1n) is 7.99. The molecule has 2 aliphatic heterocycles. The number of halogens is 2. The van der Waals surface area contributed by atoms with Crippen molar-refractivity contribution in [1.82, 2.24) is 0 Å². The molecular formula is C20H10Br2O5. The van der Waals surface area contributed by atoms with Crippen molar-refractivity contribution in [2.24, 2.45) is 0 Å². The summed E-state index contributed by atoms with van der Waals surface area (Å²) in [4.78, 5) is 12.7. The second-order valence-corrected chi connectivity index (χ2v) is 7.97. The van der Waals surface area contributed by atoms with Gasteiger partial charge in [0.1, 0.15) is 0 Å². The number of carbonyl (C=O) groups excluding carboxylic acids is 1. The Kier molecular flexibility index (Phi) is 3.39. The smallest absolute Gasteiger partial charge is 0.340 e. The number of esters is 1. The first-order valence-corrected chi connectivity index (χ1v) is 9.58. The van der Waals surface area contributed by atoms with Crippen molar-refractivity contribution in [1.29, 1.82) is 0 Å². The van der Waals surface area contributed by atoms with Gasteiger partial charge in [-0.05, 0) is 62.2 Å². The van der Waals surface area contributed by atoms with E-state index in [-0.39, 0.29) is 23.0 Å². The van der Waals surface area contributed by atoms with Crippen molar-refractivity contribution >= 4 is 37.8 Å². The standard InChI is InChI=1S/C20H10Br2O5/c21-13-7-5-11-17(15(13)23)26-18-12(6-8-14(22)16(18)24)20(11)10-4-2-1-3-9(10)19(25)27-20/h1-8,23-24H. The minimum Gasteiger partial charge on any atom is -0.503 e. The lowest BCUT2D eigenvalue weighted by Gasteiger charge is -2.37. The topological polar surface area (TPSA) is 76.0 Å².